The Morgan fingerprint density at radius 3 is 1.47 bits per heavy atom. The van der Waals surface area contributed by atoms with Crippen molar-refractivity contribution in [3.05, 3.63) is 12.2 Å². The summed E-state index contributed by atoms with van der Waals surface area (Å²) in [5, 5.41) is 87.2. The van der Waals surface area contributed by atoms with Crippen LogP contribution in [0.4, 0.5) is 4.79 Å². The minimum Gasteiger partial charge on any atom is -0.465 e. The molecule has 0 aromatic heterocycles. The molecule has 0 saturated heterocycles. The number of hydrogen-bond donors (Lipinski definition) is 2. The van der Waals surface area contributed by atoms with E-state index in [1.807, 2.05) is 0 Å². The summed E-state index contributed by atoms with van der Waals surface area (Å²) in [6, 6.07) is -0.728. The van der Waals surface area contributed by atoms with Crippen LogP contribution in [-0.4, -0.2) is 105 Å². The van der Waals surface area contributed by atoms with Crippen molar-refractivity contribution >= 4 is 52.7 Å². The summed E-state index contributed by atoms with van der Waals surface area (Å²) in [6.07, 6.45) is 0.579. The zero-order chi connectivity index (χ0) is 56.2. The van der Waals surface area contributed by atoms with E-state index < -0.39 is 73.1 Å². The normalized spacial score (nSPS) is 13.4. The Labute approximate surface area is 427 Å². The van der Waals surface area contributed by atoms with Crippen LogP contribution in [0.3, 0.4) is 0 Å². The number of urea groups is 1. The fourth-order valence-corrected chi connectivity index (χ4v) is 6.09. The summed E-state index contributed by atoms with van der Waals surface area (Å²) in [5.41, 5.74) is 3.20. The van der Waals surface area contributed by atoms with Crippen LogP contribution in [0.5, 0.6) is 0 Å². The molecule has 76 heavy (non-hydrogen) atoms. The number of amides is 4. The number of ether oxygens (including phenoxy) is 1. The summed E-state index contributed by atoms with van der Waals surface area (Å²) < 4.78 is 5.44. The van der Waals surface area contributed by atoms with Gasteiger partial charge in [-0.3, -0.25) is 43.3 Å². The maximum atomic E-state index is 13.4. The average Bonchev–Trinajstić information content (AvgIpc) is 3.70. The van der Waals surface area contributed by atoms with Gasteiger partial charge in [-0.15, -0.1) is 0 Å². The van der Waals surface area contributed by atoms with Gasteiger partial charge in [0.1, 0.15) is 35.5 Å². The molecule has 1 rings (SSSR count). The summed E-state index contributed by atoms with van der Waals surface area (Å²) in [5.74, 6) is -5.66. The first-order chi connectivity index (χ1) is 36.5. The highest BCUT2D eigenvalue weighted by Gasteiger charge is 2.38. The molecule has 2 unspecified atom stereocenters. The van der Waals surface area contributed by atoms with Gasteiger partial charge in [0.25, 0.3) is 11.8 Å². The lowest BCUT2D eigenvalue weighted by Gasteiger charge is -2.30. The van der Waals surface area contributed by atoms with Crippen LogP contribution < -0.4 is 11.1 Å². The van der Waals surface area contributed by atoms with E-state index in [2.05, 4.69) is 126 Å². The van der Waals surface area contributed by atoms with Crippen LogP contribution in [0.25, 0.3) is 0 Å². The zero-order valence-corrected chi connectivity index (χ0v) is 41.1. The van der Waals surface area contributed by atoms with E-state index in [0.717, 1.165) is 31.3 Å². The van der Waals surface area contributed by atoms with Crippen molar-refractivity contribution in [1.29, 1.82) is 0 Å². The third kappa shape index (κ3) is 35.3. The standard InChI is InChI=1S/C37H57N3O36/c1-25(2)31(32(45)19-27(26(3)41)9-8-17-39-36(38)49)20-29(43)11-7-13-35(48)52-22-37(23-53-57-61-65-69-73-75-71-67-63-59-55-50-4,24-54-58-62-66-70-74-76-72-68-64-60-56-51-5)21-30(44)12-6-10-28(42)16-18-40-33(46)14-15-34(40)47/h14-15,25,27,31H,6-13,16-24H2,1-5H3,(H3,38,39,49). The van der Waals surface area contributed by atoms with Crippen LogP contribution in [0.15, 0.2) is 12.2 Å². The number of carbonyl (C=O) groups is 9. The summed E-state index contributed by atoms with van der Waals surface area (Å²) >= 11 is 0. The van der Waals surface area contributed by atoms with E-state index in [4.69, 9.17) is 20.2 Å². The van der Waals surface area contributed by atoms with Crippen LogP contribution in [0.1, 0.15) is 97.8 Å². The van der Waals surface area contributed by atoms with Crippen molar-refractivity contribution in [2.75, 3.05) is 47.1 Å². The second-order valence-corrected chi connectivity index (χ2v) is 15.4. The van der Waals surface area contributed by atoms with E-state index in [1.165, 1.54) is 6.92 Å². The van der Waals surface area contributed by atoms with Gasteiger partial charge in [-0.2, -0.15) is 0 Å². The Kier molecular flexibility index (Phi) is 39.9. The molecule has 0 aromatic rings. The molecule has 436 valence electrons. The summed E-state index contributed by atoms with van der Waals surface area (Å²) in [4.78, 5) is 131. The van der Waals surface area contributed by atoms with Gasteiger partial charge in [-0.25, -0.2) is 24.3 Å². The number of carbonyl (C=O) groups excluding carboxylic acids is 9. The molecule has 0 fully saturated rings. The van der Waals surface area contributed by atoms with E-state index in [9.17, 15) is 43.2 Å². The number of Topliss-reactive ketones (excluding diaryl/α,β-unsaturated/α-hetero) is 5. The van der Waals surface area contributed by atoms with Crippen LogP contribution in [-0.2, 0) is 173 Å². The van der Waals surface area contributed by atoms with Crippen molar-refractivity contribution in [3.8, 4) is 0 Å². The molecule has 2 atom stereocenters. The van der Waals surface area contributed by atoms with Crippen molar-refractivity contribution in [2.45, 2.75) is 97.8 Å². The fraction of sp³-hybridized carbons (Fsp3) is 0.703. The fourth-order valence-electron chi connectivity index (χ4n) is 6.09. The first-order valence-electron chi connectivity index (χ1n) is 21.8. The van der Waals surface area contributed by atoms with Gasteiger partial charge >= 0.3 is 12.0 Å². The second kappa shape index (κ2) is 44.0. The molecule has 0 aliphatic carbocycles. The SMILES string of the molecule is COOOOOOOOOOOOOCC(COOOOOOOOOOOOOC)(COC(=O)CCCC(=O)CC(C(=O)CC(CCCNC(N)=O)C(C)=O)C(C)C)CC(=O)CCCC(=O)CCN1C(=O)C=CC1=O. The Hall–Kier alpha value is -5.07. The van der Waals surface area contributed by atoms with Gasteiger partial charge in [0.2, 0.25) is 0 Å². The number of ketones is 5. The molecule has 0 saturated carbocycles. The highest BCUT2D eigenvalue weighted by Crippen LogP contribution is 2.28. The minimum absolute atomic E-state index is 0.0382. The predicted molar refractivity (Wildman–Crippen MR) is 215 cm³/mol. The molecular weight excluding hydrogens is 1060 g/mol. The molecule has 0 bridgehead atoms. The molecule has 4 amide bonds. The van der Waals surface area contributed by atoms with E-state index in [1.54, 1.807) is 13.8 Å². The van der Waals surface area contributed by atoms with Gasteiger partial charge in [0.15, 0.2) is 0 Å². The van der Waals surface area contributed by atoms with Gasteiger partial charge in [-0.1, -0.05) is 13.8 Å². The first kappa shape index (κ1) is 68.9. The van der Waals surface area contributed by atoms with Gasteiger partial charge in [0.05, 0.1) is 32.8 Å². The number of imide groups is 1. The number of esters is 1. The minimum atomic E-state index is -1.87. The second-order valence-electron chi connectivity index (χ2n) is 15.4. The van der Waals surface area contributed by atoms with Crippen molar-refractivity contribution < 1.29 is 178 Å². The predicted octanol–water partition coefficient (Wildman–Crippen LogP) is 1.20. The maximum Gasteiger partial charge on any atom is 0.312 e. The lowest BCUT2D eigenvalue weighted by Crippen LogP contribution is -2.40. The van der Waals surface area contributed by atoms with Gasteiger partial charge in [-0.05, 0) is 149 Å². The number of rotatable bonds is 54. The lowest BCUT2D eigenvalue weighted by atomic mass is 9.81. The zero-order valence-electron chi connectivity index (χ0n) is 41.1. The summed E-state index contributed by atoms with van der Waals surface area (Å²) in [6.45, 7) is 2.40. The van der Waals surface area contributed by atoms with E-state index in [0.29, 0.717) is 12.8 Å². The van der Waals surface area contributed by atoms with E-state index in [-0.39, 0.29) is 99.9 Å². The molecule has 0 radical (unpaired) electrons. The molecular formula is C37H57N3O36. The molecule has 0 aromatic carbocycles. The van der Waals surface area contributed by atoms with E-state index >= 15 is 0 Å². The van der Waals surface area contributed by atoms with Crippen molar-refractivity contribution in [1.82, 2.24) is 10.2 Å². The van der Waals surface area contributed by atoms with Crippen LogP contribution in [0, 0.1) is 23.2 Å². The molecule has 1 heterocycles. The third-order valence-electron chi connectivity index (χ3n) is 9.61. The number of nitrogens with zero attached hydrogens (tertiary/aromatic N) is 1. The first-order valence-corrected chi connectivity index (χ1v) is 21.8. The number of hydrogen-bond acceptors (Lipinski definition) is 36. The smallest absolute Gasteiger partial charge is 0.312 e. The topological polar surface area (TPSA) is 444 Å². The lowest BCUT2D eigenvalue weighted by molar-refractivity contribution is -0.870. The number of nitrogens with one attached hydrogen (secondary N) is 1. The maximum absolute atomic E-state index is 13.4. The van der Waals surface area contributed by atoms with Crippen molar-refractivity contribution in [2.24, 2.45) is 28.9 Å². The Morgan fingerprint density at radius 1 is 0.566 bits per heavy atom. The highest BCUT2D eigenvalue weighted by atomic mass is 18.0. The molecule has 0 spiro atoms. The van der Waals surface area contributed by atoms with Crippen LogP contribution >= 0.6 is 0 Å². The Balaban J connectivity index is 3.01. The van der Waals surface area contributed by atoms with Gasteiger partial charge < -0.3 is 15.8 Å². The quantitative estimate of drug-likeness (QED) is 0.0284. The Morgan fingerprint density at radius 2 is 1.01 bits per heavy atom. The highest BCUT2D eigenvalue weighted by molar-refractivity contribution is 6.13. The Bertz CT molecular complexity index is 1690. The number of primary amides is 1. The van der Waals surface area contributed by atoms with Gasteiger partial charge in [0, 0.05) is 88.4 Å². The molecule has 39 nitrogen and oxygen atoms in total. The number of nitrogens with two attached hydrogens (primary N) is 1. The molecule has 1 aliphatic heterocycles. The largest absolute Gasteiger partial charge is 0.465 e. The molecule has 1 aliphatic rings. The monoisotopic (exact) mass is 1120 g/mol. The molecule has 3 N–H and O–H groups in total. The summed E-state index contributed by atoms with van der Waals surface area (Å²) in [7, 11) is 2.10. The average molecular weight is 1120 g/mol. The van der Waals surface area contributed by atoms with Crippen molar-refractivity contribution in [3.63, 3.8) is 0 Å². The third-order valence-corrected chi connectivity index (χ3v) is 9.61. The molecule has 39 heteroatoms. The van der Waals surface area contributed by atoms with Crippen LogP contribution in [0.2, 0.25) is 0 Å².